The third-order valence-electron chi connectivity index (χ3n) is 4.53. The van der Waals surface area contributed by atoms with Crippen LogP contribution in [0.25, 0.3) is 19.5 Å². The highest BCUT2D eigenvalue weighted by atomic mass is 32.1. The van der Waals surface area contributed by atoms with Crippen molar-refractivity contribution in [1.29, 1.82) is 0 Å². The van der Waals surface area contributed by atoms with Gasteiger partial charge in [-0.2, -0.15) is 5.10 Å². The van der Waals surface area contributed by atoms with E-state index in [9.17, 15) is 4.79 Å². The van der Waals surface area contributed by atoms with Crippen molar-refractivity contribution in [2.24, 2.45) is 0 Å². The van der Waals surface area contributed by atoms with Gasteiger partial charge in [-0.25, -0.2) is 0 Å². The van der Waals surface area contributed by atoms with Crippen molar-refractivity contribution in [2.75, 3.05) is 5.32 Å². The molecule has 0 atom stereocenters. The molecule has 5 nitrogen and oxygen atoms in total. The first-order chi connectivity index (χ1) is 13.8. The minimum atomic E-state index is -0.114. The number of amides is 1. The Morgan fingerprint density at radius 3 is 2.79 bits per heavy atom. The van der Waals surface area contributed by atoms with Gasteiger partial charge in [0.2, 0.25) is 0 Å². The molecule has 1 amide bonds. The van der Waals surface area contributed by atoms with Crippen LogP contribution in [-0.2, 0) is 13.0 Å². The van der Waals surface area contributed by atoms with Crippen LogP contribution in [0.2, 0.25) is 0 Å². The standard InChI is InChI=1S/C21H16N4OS2/c26-21(18-13-17-20(28-18)15-3-1-2-4-16(15)27-17)23-19-8-12-25(24-19)11-7-14-5-9-22-10-6-14/h1-6,8-10,12-13H,7,11H2,(H,23,24,26). The van der Waals surface area contributed by atoms with Gasteiger partial charge in [-0.15, -0.1) is 22.7 Å². The smallest absolute Gasteiger partial charge is 0.267 e. The van der Waals surface area contributed by atoms with Crippen molar-refractivity contribution in [1.82, 2.24) is 14.8 Å². The average Bonchev–Trinajstić information content (AvgIpc) is 3.41. The Kier molecular flexibility index (Phi) is 4.38. The SMILES string of the molecule is O=C(Nc1ccn(CCc2ccncc2)n1)c1cc2sc3ccccc3c2s1. The lowest BCUT2D eigenvalue weighted by atomic mass is 10.2. The van der Waals surface area contributed by atoms with Crippen molar-refractivity contribution >= 4 is 53.9 Å². The van der Waals surface area contributed by atoms with E-state index in [-0.39, 0.29) is 5.91 Å². The lowest BCUT2D eigenvalue weighted by molar-refractivity contribution is 0.103. The van der Waals surface area contributed by atoms with E-state index >= 15 is 0 Å². The Morgan fingerprint density at radius 1 is 1.04 bits per heavy atom. The molecule has 0 bridgehead atoms. The van der Waals surface area contributed by atoms with E-state index in [0.29, 0.717) is 10.7 Å². The maximum Gasteiger partial charge on any atom is 0.267 e. The van der Waals surface area contributed by atoms with Crippen LogP contribution in [0.3, 0.4) is 0 Å². The summed E-state index contributed by atoms with van der Waals surface area (Å²) < 4.78 is 5.42. The molecule has 0 unspecified atom stereocenters. The highest BCUT2D eigenvalue weighted by molar-refractivity contribution is 7.33. The summed E-state index contributed by atoms with van der Waals surface area (Å²) in [6.45, 7) is 0.751. The van der Waals surface area contributed by atoms with Crippen LogP contribution >= 0.6 is 22.7 Å². The number of carbonyl (C=O) groups is 1. The number of rotatable bonds is 5. The summed E-state index contributed by atoms with van der Waals surface area (Å²) in [7, 11) is 0. The van der Waals surface area contributed by atoms with E-state index in [1.165, 1.54) is 31.7 Å². The number of fused-ring (bicyclic) bond motifs is 3. The fourth-order valence-corrected chi connectivity index (χ4v) is 5.56. The van der Waals surface area contributed by atoms with E-state index < -0.39 is 0 Å². The summed E-state index contributed by atoms with van der Waals surface area (Å²) in [6.07, 6.45) is 6.33. The summed E-state index contributed by atoms with van der Waals surface area (Å²) in [5, 5.41) is 8.58. The summed E-state index contributed by atoms with van der Waals surface area (Å²) >= 11 is 3.25. The van der Waals surface area contributed by atoms with Crippen LogP contribution in [-0.4, -0.2) is 20.7 Å². The zero-order chi connectivity index (χ0) is 18.9. The molecule has 1 N–H and O–H groups in total. The number of hydrogen-bond acceptors (Lipinski definition) is 5. The Bertz CT molecular complexity index is 1270. The minimum Gasteiger partial charge on any atom is -0.304 e. The van der Waals surface area contributed by atoms with E-state index in [1.54, 1.807) is 23.7 Å². The quantitative estimate of drug-likeness (QED) is 0.438. The second kappa shape index (κ2) is 7.18. The molecule has 5 rings (SSSR count). The van der Waals surface area contributed by atoms with E-state index in [1.807, 2.05) is 47.3 Å². The molecule has 28 heavy (non-hydrogen) atoms. The van der Waals surface area contributed by atoms with Crippen LogP contribution < -0.4 is 5.32 Å². The molecule has 0 spiro atoms. The first-order valence-corrected chi connectivity index (χ1v) is 10.5. The summed E-state index contributed by atoms with van der Waals surface area (Å²) in [5.41, 5.74) is 1.21. The molecule has 0 aliphatic rings. The molecule has 0 radical (unpaired) electrons. The number of pyridine rings is 1. The topological polar surface area (TPSA) is 59.8 Å². The van der Waals surface area contributed by atoms with Gasteiger partial charge < -0.3 is 5.32 Å². The van der Waals surface area contributed by atoms with Gasteiger partial charge in [0.1, 0.15) is 0 Å². The lowest BCUT2D eigenvalue weighted by Crippen LogP contribution is -2.11. The van der Waals surface area contributed by atoms with Crippen LogP contribution in [0, 0.1) is 0 Å². The first kappa shape index (κ1) is 17.1. The van der Waals surface area contributed by atoms with Gasteiger partial charge in [0.15, 0.2) is 5.82 Å². The monoisotopic (exact) mass is 404 g/mol. The Hall–Kier alpha value is -3.03. The highest BCUT2D eigenvalue weighted by Gasteiger charge is 2.15. The average molecular weight is 405 g/mol. The number of carbonyl (C=O) groups excluding carboxylic acids is 1. The summed E-state index contributed by atoms with van der Waals surface area (Å²) in [6, 6.07) is 16.1. The number of anilines is 1. The summed E-state index contributed by atoms with van der Waals surface area (Å²) in [5.74, 6) is 0.457. The molecular formula is C21H16N4OS2. The summed E-state index contributed by atoms with van der Waals surface area (Å²) in [4.78, 5) is 17.4. The molecule has 7 heteroatoms. The van der Waals surface area contributed by atoms with Gasteiger partial charge in [-0.3, -0.25) is 14.5 Å². The van der Waals surface area contributed by atoms with Gasteiger partial charge in [-0.1, -0.05) is 18.2 Å². The fraction of sp³-hybridized carbons (Fsp3) is 0.0952. The largest absolute Gasteiger partial charge is 0.304 e. The maximum atomic E-state index is 12.7. The molecule has 4 heterocycles. The van der Waals surface area contributed by atoms with Gasteiger partial charge in [0.25, 0.3) is 5.91 Å². The Morgan fingerprint density at radius 2 is 1.89 bits per heavy atom. The van der Waals surface area contributed by atoms with Crippen molar-refractivity contribution in [3.63, 3.8) is 0 Å². The highest BCUT2D eigenvalue weighted by Crippen LogP contribution is 2.39. The molecule has 4 aromatic heterocycles. The Balaban J connectivity index is 1.29. The fourth-order valence-electron chi connectivity index (χ4n) is 3.14. The van der Waals surface area contributed by atoms with Crippen LogP contribution in [0.15, 0.2) is 67.1 Å². The number of hydrogen-bond donors (Lipinski definition) is 1. The third kappa shape index (κ3) is 3.30. The number of aromatic nitrogens is 3. The lowest BCUT2D eigenvalue weighted by Gasteiger charge is -2.02. The number of nitrogens with one attached hydrogen (secondary N) is 1. The molecule has 138 valence electrons. The van der Waals surface area contributed by atoms with E-state index in [0.717, 1.165) is 17.7 Å². The van der Waals surface area contributed by atoms with Gasteiger partial charge in [0, 0.05) is 46.0 Å². The van der Waals surface area contributed by atoms with Crippen molar-refractivity contribution < 1.29 is 4.79 Å². The van der Waals surface area contributed by atoms with Crippen LogP contribution in [0.5, 0.6) is 0 Å². The minimum absolute atomic E-state index is 0.114. The number of nitrogens with zero attached hydrogens (tertiary/aromatic N) is 3. The van der Waals surface area contributed by atoms with Crippen LogP contribution in [0.1, 0.15) is 15.2 Å². The molecule has 0 saturated carbocycles. The molecule has 0 aliphatic carbocycles. The second-order valence-electron chi connectivity index (χ2n) is 6.43. The number of benzene rings is 1. The second-order valence-corrected chi connectivity index (χ2v) is 8.56. The molecule has 0 aliphatic heterocycles. The van der Waals surface area contributed by atoms with Crippen LogP contribution in [0.4, 0.5) is 5.82 Å². The predicted molar refractivity (Wildman–Crippen MR) is 115 cm³/mol. The van der Waals surface area contributed by atoms with Gasteiger partial charge in [0.05, 0.1) is 9.58 Å². The van der Waals surface area contributed by atoms with Gasteiger partial charge >= 0.3 is 0 Å². The van der Waals surface area contributed by atoms with Gasteiger partial charge in [-0.05, 0) is 36.2 Å². The van der Waals surface area contributed by atoms with E-state index in [4.69, 9.17) is 0 Å². The zero-order valence-electron chi connectivity index (χ0n) is 14.8. The molecule has 0 fully saturated rings. The molecule has 0 saturated heterocycles. The van der Waals surface area contributed by atoms with E-state index in [2.05, 4.69) is 27.5 Å². The van der Waals surface area contributed by atoms with Crippen molar-refractivity contribution in [2.45, 2.75) is 13.0 Å². The Labute approximate surface area is 169 Å². The normalized spacial score (nSPS) is 11.3. The molecule has 1 aromatic carbocycles. The number of aryl methyl sites for hydroxylation is 2. The predicted octanol–water partition coefficient (Wildman–Crippen LogP) is 5.20. The van der Waals surface area contributed by atoms with Crippen molar-refractivity contribution in [3.05, 3.63) is 77.6 Å². The maximum absolute atomic E-state index is 12.7. The third-order valence-corrected chi connectivity index (χ3v) is 6.95. The first-order valence-electron chi connectivity index (χ1n) is 8.91. The molecular weight excluding hydrogens is 388 g/mol. The zero-order valence-corrected chi connectivity index (χ0v) is 16.5. The van der Waals surface area contributed by atoms with Crippen molar-refractivity contribution in [3.8, 4) is 0 Å². The molecule has 5 aromatic rings. The number of thiophene rings is 2.